The molecule has 6 nitrogen and oxygen atoms in total. The van der Waals surface area contributed by atoms with Crippen molar-refractivity contribution >= 4 is 24.1 Å². The molecule has 1 rings (SSSR count). The maximum atomic E-state index is 10.9. The van der Waals surface area contributed by atoms with Crippen molar-refractivity contribution < 1.29 is 14.8 Å². The van der Waals surface area contributed by atoms with Crippen LogP contribution in [-0.2, 0) is 11.2 Å². The molecule has 0 radical (unpaired) electrons. The number of nitro groups is 1. The average molecular weight is 275 g/mol. The molecule has 1 atom stereocenters. The van der Waals surface area contributed by atoms with E-state index in [-0.39, 0.29) is 24.5 Å². The van der Waals surface area contributed by atoms with Gasteiger partial charge in [-0.3, -0.25) is 14.9 Å². The lowest BCUT2D eigenvalue weighted by Crippen LogP contribution is -2.32. The molecule has 18 heavy (non-hydrogen) atoms. The summed E-state index contributed by atoms with van der Waals surface area (Å²) in [6, 6.07) is 1.94. The predicted octanol–water partition coefficient (Wildman–Crippen LogP) is 1.59. The monoisotopic (exact) mass is 274 g/mol. The molecule has 0 heterocycles. The molecule has 0 fully saturated rings. The molecule has 0 aliphatic heterocycles. The minimum absolute atomic E-state index is 0. The quantitative estimate of drug-likeness (QED) is 0.640. The zero-order valence-electron chi connectivity index (χ0n) is 10.0. The van der Waals surface area contributed by atoms with Gasteiger partial charge in [0.15, 0.2) is 0 Å². The van der Waals surface area contributed by atoms with E-state index in [0.29, 0.717) is 5.56 Å². The Bertz CT molecular complexity index is 476. The number of aliphatic carboxylic acids is 1. The van der Waals surface area contributed by atoms with Crippen LogP contribution in [0.25, 0.3) is 0 Å². The molecule has 0 aliphatic rings. The Kier molecular flexibility index (Phi) is 5.74. The van der Waals surface area contributed by atoms with Crippen molar-refractivity contribution in [3.05, 3.63) is 38.9 Å². The van der Waals surface area contributed by atoms with E-state index >= 15 is 0 Å². The van der Waals surface area contributed by atoms with Crippen LogP contribution in [0.15, 0.2) is 12.1 Å². The first-order valence-corrected chi connectivity index (χ1v) is 5.05. The Morgan fingerprint density at radius 3 is 2.39 bits per heavy atom. The molecule has 0 saturated heterocycles. The number of halogens is 1. The van der Waals surface area contributed by atoms with Crippen LogP contribution >= 0.6 is 12.4 Å². The molecule has 1 aromatic carbocycles. The lowest BCUT2D eigenvalue weighted by molar-refractivity contribution is -0.385. The summed E-state index contributed by atoms with van der Waals surface area (Å²) >= 11 is 0. The van der Waals surface area contributed by atoms with Crippen molar-refractivity contribution in [3.63, 3.8) is 0 Å². The van der Waals surface area contributed by atoms with Gasteiger partial charge < -0.3 is 10.8 Å². The van der Waals surface area contributed by atoms with Gasteiger partial charge in [-0.25, -0.2) is 0 Å². The van der Waals surface area contributed by atoms with Gasteiger partial charge >= 0.3 is 5.97 Å². The molecule has 0 amide bonds. The molecule has 0 bridgehead atoms. The van der Waals surface area contributed by atoms with Crippen LogP contribution in [0, 0.1) is 24.0 Å². The summed E-state index contributed by atoms with van der Waals surface area (Å²) < 4.78 is 0. The SMILES string of the molecule is Cc1cc(CC(N)C(=O)O)c([N+](=O)[O-])cc1C.Cl. The topological polar surface area (TPSA) is 106 Å². The first-order chi connectivity index (χ1) is 7.82. The summed E-state index contributed by atoms with van der Waals surface area (Å²) in [5.74, 6) is -1.17. The van der Waals surface area contributed by atoms with Gasteiger partial charge in [0, 0.05) is 18.1 Å². The normalized spacial score (nSPS) is 11.5. The second-order valence-electron chi connectivity index (χ2n) is 3.97. The third-order valence-electron chi connectivity index (χ3n) is 2.65. The largest absolute Gasteiger partial charge is 0.480 e. The predicted molar refractivity (Wildman–Crippen MR) is 69.1 cm³/mol. The number of nitro benzene ring substituents is 1. The van der Waals surface area contributed by atoms with Crippen LogP contribution in [0.4, 0.5) is 5.69 Å². The number of nitrogens with zero attached hydrogens (tertiary/aromatic N) is 1. The lowest BCUT2D eigenvalue weighted by atomic mass is 9.99. The van der Waals surface area contributed by atoms with Gasteiger partial charge in [0.2, 0.25) is 0 Å². The number of carbonyl (C=O) groups is 1. The molecule has 0 aliphatic carbocycles. The smallest absolute Gasteiger partial charge is 0.320 e. The zero-order chi connectivity index (χ0) is 13.2. The van der Waals surface area contributed by atoms with E-state index in [2.05, 4.69) is 0 Å². The maximum Gasteiger partial charge on any atom is 0.320 e. The van der Waals surface area contributed by atoms with E-state index in [9.17, 15) is 14.9 Å². The molecule has 3 N–H and O–H groups in total. The fraction of sp³-hybridized carbons (Fsp3) is 0.364. The summed E-state index contributed by atoms with van der Waals surface area (Å²) in [4.78, 5) is 21.0. The Labute approximate surface area is 110 Å². The molecule has 1 unspecified atom stereocenters. The van der Waals surface area contributed by atoms with E-state index in [0.717, 1.165) is 11.1 Å². The summed E-state index contributed by atoms with van der Waals surface area (Å²) in [6.45, 7) is 3.58. The van der Waals surface area contributed by atoms with Gasteiger partial charge in [0.25, 0.3) is 5.69 Å². The van der Waals surface area contributed by atoms with Gasteiger partial charge in [-0.05, 0) is 31.0 Å². The van der Waals surface area contributed by atoms with E-state index in [1.807, 2.05) is 6.92 Å². The number of hydrogen-bond acceptors (Lipinski definition) is 4. The molecular weight excluding hydrogens is 260 g/mol. The first-order valence-electron chi connectivity index (χ1n) is 5.05. The van der Waals surface area contributed by atoms with Gasteiger partial charge in [0.05, 0.1) is 4.92 Å². The second kappa shape index (κ2) is 6.32. The Morgan fingerprint density at radius 2 is 1.94 bits per heavy atom. The number of nitrogens with two attached hydrogens (primary N) is 1. The van der Waals surface area contributed by atoms with Crippen LogP contribution in [0.5, 0.6) is 0 Å². The van der Waals surface area contributed by atoms with E-state index in [4.69, 9.17) is 10.8 Å². The number of hydrogen-bond donors (Lipinski definition) is 2. The summed E-state index contributed by atoms with van der Waals surface area (Å²) in [6.07, 6.45) is -0.0488. The van der Waals surface area contributed by atoms with Crippen LogP contribution in [-0.4, -0.2) is 22.0 Å². The minimum Gasteiger partial charge on any atom is -0.480 e. The molecule has 0 aromatic heterocycles. The molecular formula is C11H15ClN2O4. The van der Waals surface area contributed by atoms with Gasteiger partial charge in [-0.2, -0.15) is 0 Å². The Hall–Kier alpha value is -1.66. The van der Waals surface area contributed by atoms with Crippen molar-refractivity contribution in [3.8, 4) is 0 Å². The zero-order valence-corrected chi connectivity index (χ0v) is 10.9. The Morgan fingerprint density at radius 1 is 1.44 bits per heavy atom. The highest BCUT2D eigenvalue weighted by Crippen LogP contribution is 2.24. The fourth-order valence-corrected chi connectivity index (χ4v) is 1.52. The first kappa shape index (κ1) is 16.3. The van der Waals surface area contributed by atoms with Crippen LogP contribution in [0.1, 0.15) is 16.7 Å². The highest BCUT2D eigenvalue weighted by molar-refractivity contribution is 5.85. The third-order valence-corrected chi connectivity index (χ3v) is 2.65. The molecule has 100 valence electrons. The summed E-state index contributed by atoms with van der Waals surface area (Å²) in [5.41, 5.74) is 7.33. The highest BCUT2D eigenvalue weighted by Gasteiger charge is 2.20. The van der Waals surface area contributed by atoms with Crippen molar-refractivity contribution in [1.82, 2.24) is 0 Å². The third kappa shape index (κ3) is 3.68. The van der Waals surface area contributed by atoms with Crippen molar-refractivity contribution in [2.45, 2.75) is 26.3 Å². The number of carboxylic acids is 1. The van der Waals surface area contributed by atoms with E-state index in [1.165, 1.54) is 6.07 Å². The molecule has 0 spiro atoms. The van der Waals surface area contributed by atoms with Crippen LogP contribution < -0.4 is 5.73 Å². The van der Waals surface area contributed by atoms with Crippen molar-refractivity contribution in [2.75, 3.05) is 0 Å². The second-order valence-corrected chi connectivity index (χ2v) is 3.97. The van der Waals surface area contributed by atoms with Gasteiger partial charge in [0.1, 0.15) is 6.04 Å². The standard InChI is InChI=1S/C11H14N2O4.ClH/c1-6-3-8(5-9(12)11(14)15)10(13(16)17)4-7(6)2;/h3-4,9H,5,12H2,1-2H3,(H,14,15);1H. The molecule has 1 aromatic rings. The number of rotatable bonds is 4. The van der Waals surface area contributed by atoms with Crippen molar-refractivity contribution in [1.29, 1.82) is 0 Å². The Balaban J connectivity index is 0.00000289. The van der Waals surface area contributed by atoms with Crippen LogP contribution in [0.2, 0.25) is 0 Å². The molecule has 0 saturated carbocycles. The fourth-order valence-electron chi connectivity index (χ4n) is 1.52. The summed E-state index contributed by atoms with van der Waals surface area (Å²) in [7, 11) is 0. The number of carboxylic acid groups (broad SMARTS) is 1. The van der Waals surface area contributed by atoms with Crippen molar-refractivity contribution in [2.24, 2.45) is 5.73 Å². The van der Waals surface area contributed by atoms with Gasteiger partial charge in [-0.15, -0.1) is 12.4 Å². The van der Waals surface area contributed by atoms with E-state index in [1.54, 1.807) is 13.0 Å². The number of benzene rings is 1. The van der Waals surface area contributed by atoms with Crippen LogP contribution in [0.3, 0.4) is 0 Å². The minimum atomic E-state index is -1.17. The van der Waals surface area contributed by atoms with E-state index < -0.39 is 16.9 Å². The summed E-state index contributed by atoms with van der Waals surface area (Å²) in [5, 5.41) is 19.6. The average Bonchev–Trinajstić information content (AvgIpc) is 2.22. The van der Waals surface area contributed by atoms with Gasteiger partial charge in [-0.1, -0.05) is 0 Å². The number of aryl methyl sites for hydroxylation is 2. The molecule has 7 heteroatoms. The lowest BCUT2D eigenvalue weighted by Gasteiger charge is -2.09. The highest BCUT2D eigenvalue weighted by atomic mass is 35.5. The maximum absolute atomic E-state index is 10.9.